The number of rotatable bonds is 10. The maximum atomic E-state index is 13.8. The molecule has 41 heavy (non-hydrogen) atoms. The third kappa shape index (κ3) is 6.05. The van der Waals surface area contributed by atoms with Gasteiger partial charge in [0.05, 0.1) is 23.7 Å². The fraction of sp³-hybridized carbons (Fsp3) is 0.194. The molecule has 0 aliphatic carbocycles. The minimum Gasteiger partial charge on any atom is -0.460 e. The number of hydrogen-bond acceptors (Lipinski definition) is 7. The number of benzene rings is 3. The van der Waals surface area contributed by atoms with E-state index in [-0.39, 0.29) is 18.0 Å². The van der Waals surface area contributed by atoms with E-state index in [1.165, 1.54) is 0 Å². The maximum Gasteiger partial charge on any atom is 0.284 e. The van der Waals surface area contributed by atoms with Crippen molar-refractivity contribution in [2.75, 3.05) is 0 Å². The topological polar surface area (TPSA) is 112 Å². The second kappa shape index (κ2) is 12.6. The first kappa shape index (κ1) is 27.8. The Labute approximate surface area is 242 Å². The number of aromatic nitrogens is 6. The summed E-state index contributed by atoms with van der Waals surface area (Å²) >= 11 is 0. The molecule has 6 aromatic rings. The summed E-state index contributed by atoms with van der Waals surface area (Å²) in [5.74, 6) is 1.85. The number of H-pyrrole nitrogens is 1. The van der Waals surface area contributed by atoms with Crippen molar-refractivity contribution >= 4 is 23.3 Å². The summed E-state index contributed by atoms with van der Waals surface area (Å²) in [7, 11) is 0. The summed E-state index contributed by atoms with van der Waals surface area (Å²) in [4.78, 5) is 18.7. The lowest BCUT2D eigenvalue weighted by Gasteiger charge is -2.15. The molecule has 0 aliphatic rings. The second-order valence-electron chi connectivity index (χ2n) is 9.59. The molecule has 0 amide bonds. The standard InChI is InChI=1S/C31H28N6O3.ClH/c1-2-3-9-28-32-27-16-13-22(20-40-29-10-6-17-39-29)18-26(27)31(38)37(28)19-21-11-14-23(15-12-21)24-7-4-5-8-25(24)30-33-35-36-34-30;/h4-8,10-18H,2-3,9,19-20H2,1H3,(H,33,34,35,36);1H. The Bertz CT molecular complexity index is 1780. The van der Waals surface area contributed by atoms with Crippen LogP contribution < -0.4 is 10.3 Å². The average molecular weight is 569 g/mol. The molecule has 1 N–H and O–H groups in total. The van der Waals surface area contributed by atoms with Crippen LogP contribution in [0.5, 0.6) is 5.95 Å². The number of nitrogens with zero attached hydrogens (tertiary/aromatic N) is 5. The fourth-order valence-electron chi connectivity index (χ4n) is 4.78. The van der Waals surface area contributed by atoms with Gasteiger partial charge in [0.25, 0.3) is 11.5 Å². The molecule has 0 saturated carbocycles. The van der Waals surface area contributed by atoms with Gasteiger partial charge in [-0.3, -0.25) is 9.36 Å². The number of fused-ring (bicyclic) bond motifs is 1. The van der Waals surface area contributed by atoms with Gasteiger partial charge in [-0.2, -0.15) is 0 Å². The Kier molecular flexibility index (Phi) is 8.55. The molecule has 0 saturated heterocycles. The lowest BCUT2D eigenvalue weighted by Crippen LogP contribution is -2.26. The number of aromatic amines is 1. The first-order valence-electron chi connectivity index (χ1n) is 13.3. The highest BCUT2D eigenvalue weighted by Gasteiger charge is 2.14. The first-order chi connectivity index (χ1) is 19.7. The molecule has 6 rings (SSSR count). The quantitative estimate of drug-likeness (QED) is 0.208. The van der Waals surface area contributed by atoms with Gasteiger partial charge in [0, 0.05) is 18.1 Å². The van der Waals surface area contributed by atoms with Crippen LogP contribution in [0.3, 0.4) is 0 Å². The predicted octanol–water partition coefficient (Wildman–Crippen LogP) is 6.23. The van der Waals surface area contributed by atoms with Crippen LogP contribution in [0, 0.1) is 0 Å². The van der Waals surface area contributed by atoms with Gasteiger partial charge >= 0.3 is 0 Å². The molecule has 9 nitrogen and oxygen atoms in total. The summed E-state index contributed by atoms with van der Waals surface area (Å²) in [5.41, 5.74) is 5.51. The molecule has 3 aromatic carbocycles. The molecule has 10 heteroatoms. The SMILES string of the molecule is CCCCc1nc2ccc(COc3ccco3)cc2c(=O)n1Cc1ccc(-c2ccccc2-c2nnn[nH]2)cc1.Cl. The fourth-order valence-corrected chi connectivity index (χ4v) is 4.78. The number of ether oxygens (including phenoxy) is 1. The average Bonchev–Trinajstić information content (AvgIpc) is 3.72. The summed E-state index contributed by atoms with van der Waals surface area (Å²) in [6.07, 6.45) is 4.28. The smallest absolute Gasteiger partial charge is 0.284 e. The maximum absolute atomic E-state index is 13.8. The van der Waals surface area contributed by atoms with Gasteiger partial charge in [-0.05, 0) is 57.3 Å². The number of halogens is 1. The third-order valence-corrected chi connectivity index (χ3v) is 6.86. The largest absolute Gasteiger partial charge is 0.460 e. The van der Waals surface area contributed by atoms with Crippen LogP contribution in [0.1, 0.15) is 36.7 Å². The summed E-state index contributed by atoms with van der Waals surface area (Å²) in [6, 6.07) is 25.4. The molecule has 0 aliphatic heterocycles. The van der Waals surface area contributed by atoms with Crippen LogP contribution in [0.15, 0.2) is 94.3 Å². The molecular formula is C31H29ClN6O3. The zero-order valence-electron chi connectivity index (χ0n) is 22.5. The van der Waals surface area contributed by atoms with Crippen LogP contribution in [0.25, 0.3) is 33.4 Å². The molecule has 0 atom stereocenters. The monoisotopic (exact) mass is 568 g/mol. The van der Waals surface area contributed by atoms with Gasteiger partial charge in [0.1, 0.15) is 12.4 Å². The number of furan rings is 1. The summed E-state index contributed by atoms with van der Waals surface area (Å²) in [5, 5.41) is 14.9. The predicted molar refractivity (Wildman–Crippen MR) is 159 cm³/mol. The van der Waals surface area contributed by atoms with E-state index in [1.54, 1.807) is 23.0 Å². The van der Waals surface area contributed by atoms with Crippen molar-refractivity contribution in [2.45, 2.75) is 39.3 Å². The van der Waals surface area contributed by atoms with E-state index in [0.717, 1.165) is 52.9 Å². The van der Waals surface area contributed by atoms with E-state index < -0.39 is 0 Å². The number of hydrogen-bond donors (Lipinski definition) is 1. The van der Waals surface area contributed by atoms with Gasteiger partial charge in [0.15, 0.2) is 5.82 Å². The van der Waals surface area contributed by atoms with E-state index in [1.807, 2.05) is 42.5 Å². The van der Waals surface area contributed by atoms with E-state index in [2.05, 4.69) is 51.8 Å². The van der Waals surface area contributed by atoms with Crippen molar-refractivity contribution in [3.63, 3.8) is 0 Å². The van der Waals surface area contributed by atoms with Crippen LogP contribution in [-0.4, -0.2) is 30.2 Å². The lowest BCUT2D eigenvalue weighted by molar-refractivity contribution is 0.232. The highest BCUT2D eigenvalue weighted by atomic mass is 35.5. The highest BCUT2D eigenvalue weighted by molar-refractivity contribution is 5.85. The number of unbranched alkanes of at least 4 members (excludes halogenated alkanes) is 1. The Morgan fingerprint density at radius 2 is 1.76 bits per heavy atom. The molecule has 0 radical (unpaired) electrons. The highest BCUT2D eigenvalue weighted by Crippen LogP contribution is 2.30. The minimum absolute atomic E-state index is 0. The van der Waals surface area contributed by atoms with Crippen LogP contribution in [0.4, 0.5) is 0 Å². The number of tetrazole rings is 1. The first-order valence-corrected chi connectivity index (χ1v) is 13.3. The van der Waals surface area contributed by atoms with Gasteiger partial charge in [-0.25, -0.2) is 10.1 Å². The van der Waals surface area contributed by atoms with Crippen molar-refractivity contribution in [3.05, 3.63) is 112 Å². The molecule has 3 aromatic heterocycles. The van der Waals surface area contributed by atoms with E-state index in [4.69, 9.17) is 14.1 Å². The Balaban J connectivity index is 0.00000337. The molecule has 208 valence electrons. The van der Waals surface area contributed by atoms with E-state index in [0.29, 0.717) is 35.8 Å². The van der Waals surface area contributed by atoms with Gasteiger partial charge in [-0.1, -0.05) is 67.9 Å². The second-order valence-corrected chi connectivity index (χ2v) is 9.59. The third-order valence-electron chi connectivity index (χ3n) is 6.86. The lowest BCUT2D eigenvalue weighted by atomic mass is 9.98. The number of nitrogens with one attached hydrogen (secondary N) is 1. The molecule has 3 heterocycles. The van der Waals surface area contributed by atoms with E-state index in [9.17, 15) is 4.79 Å². The normalized spacial score (nSPS) is 11.0. The van der Waals surface area contributed by atoms with Crippen molar-refractivity contribution in [3.8, 4) is 28.5 Å². The zero-order chi connectivity index (χ0) is 27.3. The molecular weight excluding hydrogens is 540 g/mol. The summed E-state index contributed by atoms with van der Waals surface area (Å²) in [6.45, 7) is 2.87. The Hall–Kier alpha value is -4.76. The van der Waals surface area contributed by atoms with Crippen LogP contribution in [0.2, 0.25) is 0 Å². The minimum atomic E-state index is -0.0526. The van der Waals surface area contributed by atoms with E-state index >= 15 is 0 Å². The molecule has 0 spiro atoms. The Morgan fingerprint density at radius 3 is 2.49 bits per heavy atom. The van der Waals surface area contributed by atoms with Gasteiger partial charge in [-0.15, -0.1) is 17.5 Å². The molecule has 0 bridgehead atoms. The van der Waals surface area contributed by atoms with Gasteiger partial charge in [0.2, 0.25) is 0 Å². The molecule has 0 unspecified atom stereocenters. The number of aryl methyl sites for hydroxylation is 1. The van der Waals surface area contributed by atoms with Crippen molar-refractivity contribution in [1.29, 1.82) is 0 Å². The van der Waals surface area contributed by atoms with Crippen molar-refractivity contribution in [1.82, 2.24) is 30.2 Å². The van der Waals surface area contributed by atoms with Crippen molar-refractivity contribution < 1.29 is 9.15 Å². The zero-order valence-corrected chi connectivity index (χ0v) is 23.3. The molecule has 0 fully saturated rings. The summed E-state index contributed by atoms with van der Waals surface area (Å²) < 4.78 is 12.8. The van der Waals surface area contributed by atoms with Crippen LogP contribution >= 0.6 is 12.4 Å². The van der Waals surface area contributed by atoms with Gasteiger partial charge < -0.3 is 9.15 Å². The van der Waals surface area contributed by atoms with Crippen LogP contribution in [-0.2, 0) is 19.6 Å². The van der Waals surface area contributed by atoms with Crippen molar-refractivity contribution in [2.24, 2.45) is 0 Å². The Morgan fingerprint density at radius 1 is 0.951 bits per heavy atom.